The highest BCUT2D eigenvalue weighted by Crippen LogP contribution is 2.40. The summed E-state index contributed by atoms with van der Waals surface area (Å²) in [5.41, 5.74) is 10.1. The Morgan fingerprint density at radius 3 is 1.63 bits per heavy atom. The van der Waals surface area contributed by atoms with Gasteiger partial charge in [0.15, 0.2) is 8.07 Å². The minimum absolute atomic E-state index is 0.339. The lowest BCUT2D eigenvalue weighted by Crippen LogP contribution is -2.75. The van der Waals surface area contributed by atoms with Gasteiger partial charge in [0.05, 0.1) is 11.0 Å². The van der Waals surface area contributed by atoms with Crippen LogP contribution in [-0.4, -0.2) is 19.6 Å². The summed E-state index contributed by atoms with van der Waals surface area (Å²) in [6, 6.07) is 79.3. The monoisotopic (exact) mass is 769 g/mol. The fourth-order valence-electron chi connectivity index (χ4n) is 9.85. The normalized spacial score (nSPS) is 12.6. The summed E-state index contributed by atoms with van der Waals surface area (Å²) in [6.45, 7) is -0.339. The van der Waals surface area contributed by atoms with E-state index in [2.05, 4.69) is 223 Å². The first kappa shape index (κ1) is 33.8. The molecule has 59 heavy (non-hydrogen) atoms. The Bertz CT molecular complexity index is 3090. The lowest BCUT2D eigenvalue weighted by Gasteiger charge is -2.38. The van der Waals surface area contributed by atoms with Crippen molar-refractivity contribution >= 4 is 68.5 Å². The maximum absolute atomic E-state index is 7.09. The van der Waals surface area contributed by atoms with E-state index < -0.39 is 8.07 Å². The van der Waals surface area contributed by atoms with Crippen molar-refractivity contribution in [1.82, 2.24) is 4.57 Å². The Morgan fingerprint density at radius 1 is 0.390 bits per heavy atom. The molecular weight excluding hydrogens is 733 g/mol. The van der Waals surface area contributed by atoms with Crippen molar-refractivity contribution in [3.05, 3.63) is 218 Å². The molecule has 0 atom stereocenters. The third kappa shape index (κ3) is 5.15. The van der Waals surface area contributed by atoms with Crippen LogP contribution < -0.4 is 41.1 Å². The summed E-state index contributed by atoms with van der Waals surface area (Å²) in [7, 11) is -2.86. The van der Waals surface area contributed by atoms with Gasteiger partial charge in [-0.05, 0) is 79.9 Å². The molecule has 0 fully saturated rings. The molecule has 3 nitrogen and oxygen atoms in total. The molecule has 0 amide bonds. The molecule has 0 aliphatic carbocycles. The number of para-hydroxylation sites is 3. The van der Waals surface area contributed by atoms with Crippen LogP contribution in [0.15, 0.2) is 218 Å². The summed E-state index contributed by atoms with van der Waals surface area (Å²) < 4.78 is 16.5. The maximum Gasteiger partial charge on any atom is 0.434 e. The van der Waals surface area contributed by atoms with E-state index in [1.807, 2.05) is 0 Å². The largest absolute Gasteiger partial charge is 0.551 e. The Labute approximate surface area is 344 Å². The van der Waals surface area contributed by atoms with Crippen LogP contribution in [0.3, 0.4) is 0 Å². The maximum atomic E-state index is 7.09. The molecule has 0 saturated heterocycles. The van der Waals surface area contributed by atoms with Gasteiger partial charge in [0, 0.05) is 32.9 Å². The van der Waals surface area contributed by atoms with Crippen LogP contribution in [0, 0.1) is 0 Å². The first-order valence-corrected chi connectivity index (χ1v) is 22.3. The zero-order chi connectivity index (χ0) is 38.9. The van der Waals surface area contributed by atoms with Crippen molar-refractivity contribution in [2.75, 3.05) is 0 Å². The predicted molar refractivity (Wildman–Crippen MR) is 247 cm³/mol. The van der Waals surface area contributed by atoms with Crippen LogP contribution in [-0.2, 0) is 0 Å². The summed E-state index contributed by atoms with van der Waals surface area (Å²) in [5, 5.41) is 7.75. The highest BCUT2D eigenvalue weighted by Gasteiger charge is 2.46. The van der Waals surface area contributed by atoms with Crippen LogP contribution in [0.5, 0.6) is 17.2 Å². The zero-order valence-corrected chi connectivity index (χ0v) is 33.1. The molecule has 0 saturated carbocycles. The van der Waals surface area contributed by atoms with Crippen LogP contribution in [0.2, 0.25) is 0 Å². The first-order valence-electron chi connectivity index (χ1n) is 20.3. The topological polar surface area (TPSA) is 23.4 Å². The molecule has 2 aliphatic rings. The van der Waals surface area contributed by atoms with Crippen LogP contribution in [0.1, 0.15) is 0 Å². The molecule has 0 N–H and O–H groups in total. The molecule has 2 aliphatic heterocycles. The number of hydrogen-bond acceptors (Lipinski definition) is 2. The second-order valence-electron chi connectivity index (χ2n) is 15.6. The van der Waals surface area contributed by atoms with Gasteiger partial charge >= 0.3 is 6.92 Å². The molecule has 0 radical (unpaired) electrons. The smallest absolute Gasteiger partial charge is 0.434 e. The molecule has 5 heteroatoms. The van der Waals surface area contributed by atoms with Crippen molar-refractivity contribution in [2.45, 2.75) is 0 Å². The molecule has 0 unspecified atom stereocenters. The second-order valence-corrected chi connectivity index (χ2v) is 19.4. The van der Waals surface area contributed by atoms with E-state index >= 15 is 0 Å². The van der Waals surface area contributed by atoms with Crippen molar-refractivity contribution in [3.63, 3.8) is 0 Å². The molecular formula is C54H36BNO2Si. The number of ether oxygens (including phenoxy) is 1. The lowest BCUT2D eigenvalue weighted by atomic mass is 9.50. The van der Waals surface area contributed by atoms with Crippen molar-refractivity contribution in [1.29, 1.82) is 0 Å². The highest BCUT2D eigenvalue weighted by molar-refractivity contribution is 7.20. The van der Waals surface area contributed by atoms with Gasteiger partial charge in [-0.15, -0.1) is 0 Å². The predicted octanol–water partition coefficient (Wildman–Crippen LogP) is 9.10. The van der Waals surface area contributed by atoms with Crippen LogP contribution in [0.25, 0.3) is 49.7 Å². The van der Waals surface area contributed by atoms with E-state index in [0.717, 1.165) is 56.1 Å². The number of aromatic nitrogens is 1. The molecule has 3 heterocycles. The fraction of sp³-hybridized carbons (Fsp3) is 0. The second kappa shape index (κ2) is 13.4. The standard InChI is InChI=1S/C54H36BNO2Si/c1-4-19-40(20-5-1)59(41-21-6-2-7-22-41,42-23-8-3-9-24-42)43-35-47-46-27-12-15-30-51(46)58-55-48-34-38(31-32-52(48)57-53(36-43)54(47)55)37-17-16-18-39(33-37)56-49-28-13-10-25-44(49)45-26-11-14-29-50(45)56/h1-36H. The van der Waals surface area contributed by atoms with Gasteiger partial charge in [-0.3, -0.25) is 0 Å². The molecule has 9 aromatic carbocycles. The zero-order valence-electron chi connectivity index (χ0n) is 32.1. The number of nitrogens with zero attached hydrogens (tertiary/aromatic N) is 1. The van der Waals surface area contributed by atoms with E-state index in [1.165, 1.54) is 42.6 Å². The fourth-order valence-corrected chi connectivity index (χ4v) is 14.6. The van der Waals surface area contributed by atoms with E-state index in [9.17, 15) is 0 Å². The molecule has 12 rings (SSSR count). The van der Waals surface area contributed by atoms with Gasteiger partial charge in [-0.25, -0.2) is 0 Å². The third-order valence-corrected chi connectivity index (χ3v) is 17.2. The number of fused-ring (bicyclic) bond motifs is 7. The van der Waals surface area contributed by atoms with Crippen molar-refractivity contribution in [3.8, 4) is 45.2 Å². The highest BCUT2D eigenvalue weighted by atomic mass is 28.3. The van der Waals surface area contributed by atoms with Gasteiger partial charge in [0.1, 0.15) is 17.2 Å². The molecule has 10 aromatic rings. The van der Waals surface area contributed by atoms with E-state index in [0.29, 0.717) is 0 Å². The van der Waals surface area contributed by atoms with Crippen LogP contribution in [0.4, 0.5) is 0 Å². The quantitative estimate of drug-likeness (QED) is 0.125. The molecule has 276 valence electrons. The Hall–Kier alpha value is -7.34. The van der Waals surface area contributed by atoms with E-state index in [4.69, 9.17) is 9.39 Å². The first-order chi connectivity index (χ1) is 29.3. The summed E-state index contributed by atoms with van der Waals surface area (Å²) >= 11 is 0. The van der Waals surface area contributed by atoms with Gasteiger partial charge in [0.2, 0.25) is 0 Å². The van der Waals surface area contributed by atoms with Gasteiger partial charge in [0.25, 0.3) is 0 Å². The average Bonchev–Trinajstić information content (AvgIpc) is 3.65. The third-order valence-electron chi connectivity index (χ3n) is 12.4. The minimum Gasteiger partial charge on any atom is -0.551 e. The Balaban J connectivity index is 1.04. The number of benzene rings is 9. The molecule has 0 bridgehead atoms. The van der Waals surface area contributed by atoms with Gasteiger partial charge in [-0.2, -0.15) is 0 Å². The van der Waals surface area contributed by atoms with Gasteiger partial charge in [-0.1, -0.05) is 176 Å². The van der Waals surface area contributed by atoms with Crippen molar-refractivity contribution < 1.29 is 9.39 Å². The molecule has 1 aromatic heterocycles. The number of rotatable bonds is 6. The lowest BCUT2D eigenvalue weighted by molar-refractivity contribution is 0.480. The summed E-state index contributed by atoms with van der Waals surface area (Å²) in [5.74, 6) is 2.55. The van der Waals surface area contributed by atoms with E-state index in [1.54, 1.807) is 0 Å². The van der Waals surface area contributed by atoms with Gasteiger partial charge < -0.3 is 14.0 Å². The van der Waals surface area contributed by atoms with Crippen molar-refractivity contribution in [2.24, 2.45) is 0 Å². The van der Waals surface area contributed by atoms with E-state index in [-0.39, 0.29) is 6.92 Å². The Kier molecular flexibility index (Phi) is 7.65. The molecule has 0 spiro atoms. The number of hydrogen-bond donors (Lipinski definition) is 0. The summed E-state index contributed by atoms with van der Waals surface area (Å²) in [6.07, 6.45) is 0. The minimum atomic E-state index is -2.86. The van der Waals surface area contributed by atoms with Crippen LogP contribution >= 0.6 is 0 Å². The SMILES string of the molecule is c1ccc([Si](c2ccccc2)(c2ccccc2)c2cc3c4c(c2)-c2ccccc2OB4c2cc(-c4cccc(-n5c6ccccc6c6ccccc65)c4)ccc2O3)cc1. The Morgan fingerprint density at radius 2 is 0.966 bits per heavy atom. The summed E-state index contributed by atoms with van der Waals surface area (Å²) in [4.78, 5) is 0. The average molecular weight is 770 g/mol.